The first kappa shape index (κ1) is 18.3. The molecule has 0 spiro atoms. The number of fused-ring (bicyclic) bond motifs is 2. The molecule has 3 heterocycles. The van der Waals surface area contributed by atoms with E-state index in [9.17, 15) is 14.0 Å². The predicted octanol–water partition coefficient (Wildman–Crippen LogP) is 4.54. The summed E-state index contributed by atoms with van der Waals surface area (Å²) in [4.78, 5) is 28.1. The van der Waals surface area contributed by atoms with Gasteiger partial charge in [-0.3, -0.25) is 14.5 Å². The topological polar surface area (TPSA) is 76.6 Å². The Hall–Kier alpha value is -3.74. The minimum Gasteiger partial charge on any atom is -0.450 e. The van der Waals surface area contributed by atoms with Gasteiger partial charge >= 0.3 is 0 Å². The largest absolute Gasteiger partial charge is 0.450 e. The van der Waals surface area contributed by atoms with Crippen molar-refractivity contribution >= 4 is 22.7 Å². The van der Waals surface area contributed by atoms with Crippen molar-refractivity contribution in [3.63, 3.8) is 0 Å². The number of aryl methyl sites for hydroxylation is 2. The molecule has 0 unspecified atom stereocenters. The Bertz CT molecular complexity index is 1370. The molecule has 1 amide bonds. The lowest BCUT2D eigenvalue weighted by molar-refractivity contribution is 0.0969. The quantitative estimate of drug-likeness (QED) is 0.501. The number of nitrogens with zero attached hydrogens (tertiary/aromatic N) is 2. The first-order chi connectivity index (χ1) is 14.5. The molecule has 0 bridgehead atoms. The van der Waals surface area contributed by atoms with Gasteiger partial charge in [0.1, 0.15) is 17.2 Å². The van der Waals surface area contributed by atoms with Crippen molar-refractivity contribution in [1.29, 1.82) is 0 Å². The van der Waals surface area contributed by atoms with E-state index in [1.807, 2.05) is 13.0 Å². The van der Waals surface area contributed by atoms with Crippen molar-refractivity contribution in [1.82, 2.24) is 5.16 Å². The zero-order chi connectivity index (χ0) is 21.0. The van der Waals surface area contributed by atoms with Crippen LogP contribution < -0.4 is 10.3 Å². The molecule has 6 nitrogen and oxygen atoms in total. The molecule has 2 aromatic heterocycles. The van der Waals surface area contributed by atoms with Gasteiger partial charge in [0.2, 0.25) is 5.76 Å². The second-order valence-electron chi connectivity index (χ2n) is 7.29. The highest BCUT2D eigenvalue weighted by atomic mass is 19.1. The van der Waals surface area contributed by atoms with E-state index < -0.39 is 17.8 Å². The molecule has 0 radical (unpaired) electrons. The van der Waals surface area contributed by atoms with E-state index in [2.05, 4.69) is 5.16 Å². The Morgan fingerprint density at radius 1 is 1.13 bits per heavy atom. The van der Waals surface area contributed by atoms with Crippen LogP contribution in [0.1, 0.15) is 46.0 Å². The highest BCUT2D eigenvalue weighted by Gasteiger charge is 2.45. The van der Waals surface area contributed by atoms with Crippen LogP contribution in [0.2, 0.25) is 0 Å². The number of anilines is 1. The first-order valence-electron chi connectivity index (χ1n) is 9.60. The summed E-state index contributed by atoms with van der Waals surface area (Å²) in [6.45, 7) is 3.69. The van der Waals surface area contributed by atoms with Gasteiger partial charge in [-0.15, -0.1) is 0 Å². The maximum absolute atomic E-state index is 14.0. The van der Waals surface area contributed by atoms with Gasteiger partial charge in [0, 0.05) is 6.07 Å². The SMILES string of the molecule is CCc1ccc2oc3c(c(=O)c2c1)[C@@H](c1cccc(F)c1)N(c1cc(C)on1)C3=O. The van der Waals surface area contributed by atoms with Crippen LogP contribution in [-0.2, 0) is 6.42 Å². The van der Waals surface area contributed by atoms with E-state index in [4.69, 9.17) is 8.94 Å². The lowest BCUT2D eigenvalue weighted by atomic mass is 9.98. The zero-order valence-corrected chi connectivity index (χ0v) is 16.3. The van der Waals surface area contributed by atoms with Crippen LogP contribution in [0, 0.1) is 12.7 Å². The number of rotatable bonds is 3. The second kappa shape index (κ2) is 6.66. The maximum Gasteiger partial charge on any atom is 0.296 e. The number of halogens is 1. The number of aromatic nitrogens is 1. The average molecular weight is 404 g/mol. The third kappa shape index (κ3) is 2.66. The van der Waals surface area contributed by atoms with Gasteiger partial charge < -0.3 is 8.94 Å². The Morgan fingerprint density at radius 2 is 1.97 bits per heavy atom. The predicted molar refractivity (Wildman–Crippen MR) is 108 cm³/mol. The molecule has 0 fully saturated rings. The Balaban J connectivity index is 1.82. The molecule has 150 valence electrons. The van der Waals surface area contributed by atoms with Gasteiger partial charge in [-0.2, -0.15) is 0 Å². The minimum absolute atomic E-state index is 0.0633. The van der Waals surface area contributed by atoms with Crippen molar-refractivity contribution < 1.29 is 18.1 Å². The van der Waals surface area contributed by atoms with E-state index in [1.54, 1.807) is 31.2 Å². The Morgan fingerprint density at radius 3 is 2.67 bits per heavy atom. The van der Waals surface area contributed by atoms with Crippen LogP contribution in [0.25, 0.3) is 11.0 Å². The number of hydrogen-bond acceptors (Lipinski definition) is 5. The average Bonchev–Trinajstić information content (AvgIpc) is 3.29. The van der Waals surface area contributed by atoms with Gasteiger partial charge in [-0.05, 0) is 48.7 Å². The van der Waals surface area contributed by atoms with Crippen molar-refractivity contribution in [3.8, 4) is 0 Å². The van der Waals surface area contributed by atoms with Crippen LogP contribution >= 0.6 is 0 Å². The summed E-state index contributed by atoms with van der Waals surface area (Å²) in [5.74, 6) is -0.319. The van der Waals surface area contributed by atoms with Gasteiger partial charge in [0.15, 0.2) is 11.2 Å². The van der Waals surface area contributed by atoms with Crippen molar-refractivity contribution in [2.45, 2.75) is 26.3 Å². The van der Waals surface area contributed by atoms with Crippen molar-refractivity contribution in [2.24, 2.45) is 0 Å². The van der Waals surface area contributed by atoms with Gasteiger partial charge in [0.05, 0.1) is 17.0 Å². The Labute approximate surface area is 170 Å². The van der Waals surface area contributed by atoms with Crippen LogP contribution in [0.4, 0.5) is 10.2 Å². The van der Waals surface area contributed by atoms with E-state index in [-0.39, 0.29) is 22.6 Å². The molecule has 1 atom stereocenters. The molecular weight excluding hydrogens is 387 g/mol. The summed E-state index contributed by atoms with van der Waals surface area (Å²) in [5.41, 5.74) is 1.62. The fourth-order valence-electron chi connectivity index (χ4n) is 3.94. The Kier molecular flexibility index (Phi) is 4.06. The zero-order valence-electron chi connectivity index (χ0n) is 16.3. The lowest BCUT2D eigenvalue weighted by Crippen LogP contribution is -2.29. The molecule has 2 aromatic carbocycles. The van der Waals surface area contributed by atoms with Gasteiger partial charge in [-0.1, -0.05) is 30.3 Å². The lowest BCUT2D eigenvalue weighted by Gasteiger charge is -2.22. The number of hydrogen-bond donors (Lipinski definition) is 0. The second-order valence-corrected chi connectivity index (χ2v) is 7.29. The molecule has 0 aliphatic carbocycles. The third-order valence-electron chi connectivity index (χ3n) is 5.37. The molecule has 0 saturated carbocycles. The molecular formula is C23H17FN2O4. The smallest absolute Gasteiger partial charge is 0.296 e. The minimum atomic E-state index is -0.876. The normalized spacial score (nSPS) is 15.8. The maximum atomic E-state index is 14.0. The fourth-order valence-corrected chi connectivity index (χ4v) is 3.94. The van der Waals surface area contributed by atoms with E-state index in [0.717, 1.165) is 12.0 Å². The highest BCUT2D eigenvalue weighted by Crippen LogP contribution is 2.41. The third-order valence-corrected chi connectivity index (χ3v) is 5.37. The van der Waals surface area contributed by atoms with Gasteiger partial charge in [-0.25, -0.2) is 4.39 Å². The number of carbonyl (C=O) groups is 1. The summed E-state index contributed by atoms with van der Waals surface area (Å²) >= 11 is 0. The summed E-state index contributed by atoms with van der Waals surface area (Å²) in [5, 5.41) is 4.34. The monoisotopic (exact) mass is 404 g/mol. The number of benzene rings is 2. The summed E-state index contributed by atoms with van der Waals surface area (Å²) in [7, 11) is 0. The van der Waals surface area contributed by atoms with Crippen molar-refractivity contribution in [3.05, 3.63) is 92.8 Å². The molecule has 4 aromatic rings. The molecule has 0 saturated heterocycles. The number of amides is 1. The standard InChI is InChI=1S/C23H17FN2O4/c1-3-13-7-8-17-16(10-13)21(27)19-20(14-5-4-6-15(24)11-14)26(23(28)22(19)29-17)18-9-12(2)30-25-18/h4-11,20H,3H2,1-2H3/t20-/m1/s1. The summed E-state index contributed by atoms with van der Waals surface area (Å²) in [6, 6.07) is 11.9. The molecule has 1 aliphatic heterocycles. The van der Waals surface area contributed by atoms with Crippen LogP contribution in [0.15, 0.2) is 62.3 Å². The summed E-state index contributed by atoms with van der Waals surface area (Å²) in [6.07, 6.45) is 0.753. The van der Waals surface area contributed by atoms with Crippen LogP contribution in [0.3, 0.4) is 0 Å². The highest BCUT2D eigenvalue weighted by molar-refractivity contribution is 6.10. The fraction of sp³-hybridized carbons (Fsp3) is 0.174. The van der Waals surface area contributed by atoms with Gasteiger partial charge in [0.25, 0.3) is 5.91 Å². The van der Waals surface area contributed by atoms with Crippen LogP contribution in [-0.4, -0.2) is 11.1 Å². The van der Waals surface area contributed by atoms with Crippen LogP contribution in [0.5, 0.6) is 0 Å². The molecule has 0 N–H and O–H groups in total. The van der Waals surface area contributed by atoms with Crippen molar-refractivity contribution in [2.75, 3.05) is 4.90 Å². The van der Waals surface area contributed by atoms with E-state index in [0.29, 0.717) is 22.3 Å². The molecule has 7 heteroatoms. The number of carbonyl (C=O) groups excluding carboxylic acids is 1. The molecule has 5 rings (SSSR count). The van der Waals surface area contributed by atoms with E-state index in [1.165, 1.54) is 23.1 Å². The molecule has 30 heavy (non-hydrogen) atoms. The van der Waals surface area contributed by atoms with E-state index >= 15 is 0 Å². The first-order valence-corrected chi connectivity index (χ1v) is 9.60. The summed E-state index contributed by atoms with van der Waals surface area (Å²) < 4.78 is 25.1. The molecule has 1 aliphatic rings.